The van der Waals surface area contributed by atoms with Crippen LogP contribution in [0.5, 0.6) is 0 Å². The number of primary amides is 1. The van der Waals surface area contributed by atoms with Crippen molar-refractivity contribution in [2.24, 2.45) is 5.73 Å². The zero-order valence-electron chi connectivity index (χ0n) is 22.8. The largest absolute Gasteiger partial charge is 0.366 e. The van der Waals surface area contributed by atoms with Crippen LogP contribution in [0.25, 0.3) is 11.1 Å². The van der Waals surface area contributed by atoms with Gasteiger partial charge in [0.15, 0.2) is 0 Å². The van der Waals surface area contributed by atoms with E-state index in [4.69, 9.17) is 5.73 Å². The van der Waals surface area contributed by atoms with Crippen molar-refractivity contribution in [2.45, 2.75) is 38.6 Å². The number of nitrogens with zero attached hydrogens (tertiary/aromatic N) is 1. The number of amides is 3. The second-order valence-corrected chi connectivity index (χ2v) is 10.3. The number of nitrogens with one attached hydrogen (secondary N) is 2. The number of nitrogens with two attached hydrogens (primary N) is 1. The Labute approximate surface area is 240 Å². The minimum Gasteiger partial charge on any atom is -0.366 e. The van der Waals surface area contributed by atoms with Crippen molar-refractivity contribution in [2.75, 3.05) is 5.32 Å². The highest BCUT2D eigenvalue weighted by molar-refractivity contribution is 6.06. The van der Waals surface area contributed by atoms with Crippen LogP contribution in [0.2, 0.25) is 0 Å². The fourth-order valence-corrected chi connectivity index (χ4v) is 5.42. The first-order chi connectivity index (χ1) is 20.0. The second kappa shape index (κ2) is 11.5. The van der Waals surface area contributed by atoms with Gasteiger partial charge in [-0.25, -0.2) is 13.2 Å². The Morgan fingerprint density at radius 2 is 1.71 bits per heavy atom. The quantitative estimate of drug-likeness (QED) is 0.262. The van der Waals surface area contributed by atoms with E-state index in [9.17, 15) is 27.6 Å². The van der Waals surface area contributed by atoms with E-state index in [1.807, 2.05) is 26.0 Å². The average Bonchev–Trinajstić information content (AvgIpc) is 3.26. The average molecular weight is 573 g/mol. The predicted octanol–water partition coefficient (Wildman–Crippen LogP) is 5.41. The van der Waals surface area contributed by atoms with Gasteiger partial charge in [-0.3, -0.25) is 19.4 Å². The highest BCUT2D eigenvalue weighted by Gasteiger charge is 2.35. The van der Waals surface area contributed by atoms with Gasteiger partial charge >= 0.3 is 0 Å². The molecule has 42 heavy (non-hydrogen) atoms. The smallest absolute Gasteiger partial charge is 0.251 e. The van der Waals surface area contributed by atoms with E-state index in [1.165, 1.54) is 18.3 Å². The Hall–Kier alpha value is -4.99. The fraction of sp³-hybridized carbons (Fsp3) is 0.188. The van der Waals surface area contributed by atoms with E-state index in [0.29, 0.717) is 22.5 Å². The van der Waals surface area contributed by atoms with Crippen molar-refractivity contribution >= 4 is 23.4 Å². The van der Waals surface area contributed by atoms with E-state index < -0.39 is 41.2 Å². The molecule has 214 valence electrons. The van der Waals surface area contributed by atoms with Crippen LogP contribution in [-0.4, -0.2) is 22.7 Å². The minimum absolute atomic E-state index is 0.0557. The number of aryl methyl sites for hydroxylation is 2. The molecule has 10 heteroatoms. The standard InChI is InChI=1S/C32H27F3N4O3/c1-16-5-6-17(2)29-28(16)24(32(42)39-29)15-27(40)38-26(12-18-10-20(33)14-21(34)11-18)30-22(4-3-9-37-30)19-7-8-25(35)23(13-19)31(36)41/h3-11,13-14,24,26H,12,15H2,1-2H3,(H2,36,41)(H,38,40)(H,39,42)/t24?,26-/m0/s1. The van der Waals surface area contributed by atoms with Crippen LogP contribution in [0, 0.1) is 31.3 Å². The SMILES string of the molecule is Cc1ccc(C)c2c1NC(=O)C2CC(=O)N[C@@H](Cc1cc(F)cc(F)c1)c1ncccc1-c1ccc(F)c(C(N)=O)c1. The molecule has 4 aromatic rings. The Morgan fingerprint density at radius 1 is 1.00 bits per heavy atom. The molecule has 3 aromatic carbocycles. The third kappa shape index (κ3) is 5.74. The van der Waals surface area contributed by atoms with Gasteiger partial charge in [0.1, 0.15) is 17.5 Å². The number of hydrogen-bond donors (Lipinski definition) is 3. The van der Waals surface area contributed by atoms with E-state index in [0.717, 1.165) is 41.0 Å². The molecule has 2 heterocycles. The molecule has 0 aliphatic carbocycles. The first-order valence-electron chi connectivity index (χ1n) is 13.2. The minimum atomic E-state index is -0.958. The Kier molecular flexibility index (Phi) is 7.80. The molecule has 0 radical (unpaired) electrons. The maximum atomic E-state index is 14.2. The summed E-state index contributed by atoms with van der Waals surface area (Å²) >= 11 is 0. The molecular weight excluding hydrogens is 545 g/mol. The number of rotatable bonds is 8. The van der Waals surface area contributed by atoms with Gasteiger partial charge in [0.25, 0.3) is 5.91 Å². The second-order valence-electron chi connectivity index (χ2n) is 10.3. The molecule has 0 fully saturated rings. The summed E-state index contributed by atoms with van der Waals surface area (Å²) in [5, 5.41) is 5.77. The Balaban J connectivity index is 1.52. The zero-order valence-corrected chi connectivity index (χ0v) is 22.8. The molecule has 1 unspecified atom stereocenters. The first-order valence-corrected chi connectivity index (χ1v) is 13.2. The third-order valence-corrected chi connectivity index (χ3v) is 7.38. The van der Waals surface area contributed by atoms with Gasteiger partial charge in [-0.05, 0) is 78.4 Å². The van der Waals surface area contributed by atoms with Crippen LogP contribution in [0.15, 0.2) is 66.9 Å². The van der Waals surface area contributed by atoms with Crippen LogP contribution in [-0.2, 0) is 16.0 Å². The third-order valence-electron chi connectivity index (χ3n) is 7.38. The fourth-order valence-electron chi connectivity index (χ4n) is 5.42. The van der Waals surface area contributed by atoms with Gasteiger partial charge in [0.2, 0.25) is 11.8 Å². The number of anilines is 1. The maximum absolute atomic E-state index is 14.2. The van der Waals surface area contributed by atoms with Crippen LogP contribution in [0.4, 0.5) is 18.9 Å². The molecule has 0 saturated heterocycles. The number of pyridine rings is 1. The lowest BCUT2D eigenvalue weighted by Crippen LogP contribution is -2.33. The molecule has 5 rings (SSSR count). The van der Waals surface area contributed by atoms with Crippen molar-refractivity contribution in [3.8, 4) is 11.1 Å². The number of carbonyl (C=O) groups excluding carboxylic acids is 3. The summed E-state index contributed by atoms with van der Waals surface area (Å²) < 4.78 is 42.4. The van der Waals surface area contributed by atoms with Crippen molar-refractivity contribution in [3.63, 3.8) is 0 Å². The molecular formula is C32H27F3N4O3. The lowest BCUT2D eigenvalue weighted by atomic mass is 9.91. The molecule has 7 nitrogen and oxygen atoms in total. The lowest BCUT2D eigenvalue weighted by Gasteiger charge is -2.22. The molecule has 2 atom stereocenters. The molecule has 3 amide bonds. The lowest BCUT2D eigenvalue weighted by molar-refractivity contribution is -0.125. The van der Waals surface area contributed by atoms with E-state index in [2.05, 4.69) is 15.6 Å². The molecule has 1 aliphatic heterocycles. The van der Waals surface area contributed by atoms with Crippen molar-refractivity contribution in [1.82, 2.24) is 10.3 Å². The van der Waals surface area contributed by atoms with Crippen LogP contribution in [0.3, 0.4) is 0 Å². The number of hydrogen-bond acceptors (Lipinski definition) is 4. The van der Waals surface area contributed by atoms with Crippen LogP contribution < -0.4 is 16.4 Å². The van der Waals surface area contributed by atoms with Gasteiger partial charge in [-0.15, -0.1) is 0 Å². The first kappa shape index (κ1) is 28.5. The van der Waals surface area contributed by atoms with Gasteiger partial charge in [-0.2, -0.15) is 0 Å². The Morgan fingerprint density at radius 3 is 2.43 bits per heavy atom. The Bertz CT molecular complexity index is 1720. The number of aromatic nitrogens is 1. The van der Waals surface area contributed by atoms with Crippen LogP contribution >= 0.6 is 0 Å². The summed E-state index contributed by atoms with van der Waals surface area (Å²) in [7, 11) is 0. The summed E-state index contributed by atoms with van der Waals surface area (Å²) in [5.74, 6) is -4.84. The van der Waals surface area contributed by atoms with Gasteiger partial charge in [0.05, 0.1) is 23.2 Å². The number of fused-ring (bicyclic) bond motifs is 1. The summed E-state index contributed by atoms with van der Waals surface area (Å²) in [4.78, 5) is 42.7. The van der Waals surface area contributed by atoms with E-state index in [-0.39, 0.29) is 29.9 Å². The zero-order chi connectivity index (χ0) is 30.1. The molecule has 1 aromatic heterocycles. The van der Waals surface area contributed by atoms with Crippen molar-refractivity contribution in [3.05, 3.63) is 118 Å². The number of benzene rings is 3. The number of carbonyl (C=O) groups is 3. The highest BCUT2D eigenvalue weighted by atomic mass is 19.1. The summed E-state index contributed by atoms with van der Waals surface area (Å²) in [6.07, 6.45) is 1.25. The van der Waals surface area contributed by atoms with Gasteiger partial charge < -0.3 is 16.4 Å². The molecule has 0 bridgehead atoms. The monoisotopic (exact) mass is 572 g/mol. The van der Waals surface area contributed by atoms with E-state index >= 15 is 0 Å². The predicted molar refractivity (Wildman–Crippen MR) is 151 cm³/mol. The number of halogens is 3. The molecule has 4 N–H and O–H groups in total. The summed E-state index contributed by atoms with van der Waals surface area (Å²) in [6, 6.07) is 13.0. The van der Waals surface area contributed by atoms with Crippen molar-refractivity contribution < 1.29 is 27.6 Å². The molecule has 0 spiro atoms. The normalized spacial score (nSPS) is 14.7. The molecule has 1 aliphatic rings. The topological polar surface area (TPSA) is 114 Å². The van der Waals surface area contributed by atoms with Crippen molar-refractivity contribution in [1.29, 1.82) is 0 Å². The summed E-state index contributed by atoms with van der Waals surface area (Å²) in [6.45, 7) is 3.74. The van der Waals surface area contributed by atoms with Crippen LogP contribution in [0.1, 0.15) is 56.7 Å². The van der Waals surface area contributed by atoms with Gasteiger partial charge in [0, 0.05) is 29.9 Å². The molecule has 0 saturated carbocycles. The van der Waals surface area contributed by atoms with Gasteiger partial charge in [-0.1, -0.05) is 24.3 Å². The van der Waals surface area contributed by atoms with E-state index in [1.54, 1.807) is 12.1 Å². The highest BCUT2D eigenvalue weighted by Crippen LogP contribution is 2.39. The maximum Gasteiger partial charge on any atom is 0.251 e. The summed E-state index contributed by atoms with van der Waals surface area (Å²) in [5.41, 5.74) is 9.61.